The highest BCUT2D eigenvalue weighted by Gasteiger charge is 2.19. The highest BCUT2D eigenvalue weighted by Crippen LogP contribution is 2.17. The Kier molecular flexibility index (Phi) is 52.7. The summed E-state index contributed by atoms with van der Waals surface area (Å²) in [6.45, 7) is 6.63. The molecule has 0 N–H and O–H groups in total. The number of unbranched alkanes of at least 4 members (excludes halogenated alkanes) is 38. The van der Waals surface area contributed by atoms with Crippen molar-refractivity contribution in [1.82, 2.24) is 0 Å². The predicted molar refractivity (Wildman–Crippen MR) is 279 cm³/mol. The minimum absolute atomic E-state index is 0.0825. The minimum atomic E-state index is -0.788. The van der Waals surface area contributed by atoms with Gasteiger partial charge in [0.2, 0.25) is 0 Å². The lowest BCUT2D eigenvalue weighted by atomic mass is 10.0. The fraction of sp³-hybridized carbons (Fsp3) is 0.881. The Morgan fingerprint density at radius 2 is 0.585 bits per heavy atom. The lowest BCUT2D eigenvalue weighted by Gasteiger charge is -2.18. The van der Waals surface area contributed by atoms with Crippen molar-refractivity contribution in [3.8, 4) is 0 Å². The zero-order chi connectivity index (χ0) is 47.2. The molecule has 0 aromatic carbocycles. The number of carbonyl (C=O) groups excluding carboxylic acids is 3. The van der Waals surface area contributed by atoms with Crippen molar-refractivity contribution >= 4 is 17.9 Å². The van der Waals surface area contributed by atoms with Crippen LogP contribution in [0.25, 0.3) is 0 Å². The molecule has 0 aliphatic carbocycles. The van der Waals surface area contributed by atoms with Crippen molar-refractivity contribution in [3.63, 3.8) is 0 Å². The van der Waals surface area contributed by atoms with E-state index in [1.54, 1.807) is 0 Å². The molecule has 0 fully saturated rings. The molecule has 0 amide bonds. The largest absolute Gasteiger partial charge is 0.462 e. The number of carbonyl (C=O) groups is 3. The summed E-state index contributed by atoms with van der Waals surface area (Å²) in [5.74, 6) is -0.932. The van der Waals surface area contributed by atoms with Gasteiger partial charge in [0.15, 0.2) is 6.10 Å². The number of allylic oxidation sites excluding steroid dienone is 4. The molecule has 0 bridgehead atoms. The van der Waals surface area contributed by atoms with E-state index in [-0.39, 0.29) is 37.5 Å². The Morgan fingerprint density at radius 1 is 0.308 bits per heavy atom. The molecule has 1 unspecified atom stereocenters. The summed E-state index contributed by atoms with van der Waals surface area (Å²) in [6.07, 6.45) is 63.3. The van der Waals surface area contributed by atoms with Crippen LogP contribution in [0.3, 0.4) is 0 Å². The molecule has 6 nitrogen and oxygen atoms in total. The first-order valence-corrected chi connectivity index (χ1v) is 28.8. The van der Waals surface area contributed by atoms with Crippen LogP contribution in [0.5, 0.6) is 0 Å². The van der Waals surface area contributed by atoms with Gasteiger partial charge < -0.3 is 14.2 Å². The molecule has 0 spiro atoms. The zero-order valence-corrected chi connectivity index (χ0v) is 43.8. The summed E-state index contributed by atoms with van der Waals surface area (Å²) in [4.78, 5) is 38.1. The van der Waals surface area contributed by atoms with Crippen LogP contribution in [0.15, 0.2) is 24.3 Å². The third-order valence-electron chi connectivity index (χ3n) is 13.0. The molecular weight excluding hydrogens is 805 g/mol. The first-order chi connectivity index (χ1) is 32.0. The van der Waals surface area contributed by atoms with Crippen molar-refractivity contribution in [2.24, 2.45) is 0 Å². The molecule has 65 heavy (non-hydrogen) atoms. The summed E-state index contributed by atoms with van der Waals surface area (Å²) in [5, 5.41) is 0. The second kappa shape index (κ2) is 54.5. The van der Waals surface area contributed by atoms with Gasteiger partial charge in [0, 0.05) is 19.3 Å². The zero-order valence-electron chi connectivity index (χ0n) is 43.8. The number of hydrogen-bond donors (Lipinski definition) is 0. The van der Waals surface area contributed by atoms with Crippen LogP contribution in [0.4, 0.5) is 0 Å². The second-order valence-corrected chi connectivity index (χ2v) is 19.6. The fourth-order valence-electron chi connectivity index (χ4n) is 8.62. The van der Waals surface area contributed by atoms with Crippen LogP contribution in [-0.2, 0) is 28.6 Å². The maximum Gasteiger partial charge on any atom is 0.306 e. The van der Waals surface area contributed by atoms with E-state index in [1.165, 1.54) is 218 Å². The molecule has 0 aromatic heterocycles. The third kappa shape index (κ3) is 52.7. The standard InChI is InChI=1S/C59H110O6/c1-4-7-10-13-16-19-22-25-27-29-30-32-34-37-40-43-46-49-52-58(61)64-55-56(54-63-57(60)51-48-45-42-39-36-33-24-21-18-15-12-9-6-3)65-59(62)53-50-47-44-41-38-35-31-28-26-23-20-17-14-11-8-5-2/h33,36,42,45,56H,4-32,34-35,37-41,43-44,46-55H2,1-3H3/b36-33+,45-42+. The molecule has 0 radical (unpaired) electrons. The van der Waals surface area contributed by atoms with Crippen molar-refractivity contribution in [3.05, 3.63) is 24.3 Å². The molecule has 0 aromatic rings. The lowest BCUT2D eigenvalue weighted by molar-refractivity contribution is -0.166. The molecule has 0 aliphatic rings. The summed E-state index contributed by atoms with van der Waals surface area (Å²) < 4.78 is 16.8. The summed E-state index contributed by atoms with van der Waals surface area (Å²) >= 11 is 0. The van der Waals surface area contributed by atoms with Crippen molar-refractivity contribution < 1.29 is 28.6 Å². The average molecular weight is 916 g/mol. The number of esters is 3. The Labute approximate surface area is 404 Å². The lowest BCUT2D eigenvalue weighted by Crippen LogP contribution is -2.30. The van der Waals surface area contributed by atoms with Crippen LogP contribution in [0.2, 0.25) is 0 Å². The van der Waals surface area contributed by atoms with Gasteiger partial charge in [-0.05, 0) is 38.5 Å². The summed E-state index contributed by atoms with van der Waals surface area (Å²) in [6, 6.07) is 0. The van der Waals surface area contributed by atoms with Crippen LogP contribution in [0, 0.1) is 0 Å². The first kappa shape index (κ1) is 62.9. The smallest absolute Gasteiger partial charge is 0.306 e. The molecule has 6 heteroatoms. The van der Waals surface area contributed by atoms with Gasteiger partial charge >= 0.3 is 17.9 Å². The van der Waals surface area contributed by atoms with E-state index in [2.05, 4.69) is 39.0 Å². The van der Waals surface area contributed by atoms with E-state index in [9.17, 15) is 14.4 Å². The molecule has 382 valence electrons. The van der Waals surface area contributed by atoms with Crippen LogP contribution >= 0.6 is 0 Å². The number of hydrogen-bond acceptors (Lipinski definition) is 6. The molecule has 0 saturated carbocycles. The van der Waals surface area contributed by atoms with Gasteiger partial charge in [-0.25, -0.2) is 0 Å². The normalized spacial score (nSPS) is 12.1. The van der Waals surface area contributed by atoms with Gasteiger partial charge in [-0.3, -0.25) is 14.4 Å². The first-order valence-electron chi connectivity index (χ1n) is 28.8. The van der Waals surface area contributed by atoms with Gasteiger partial charge in [0.25, 0.3) is 0 Å². The monoisotopic (exact) mass is 915 g/mol. The van der Waals surface area contributed by atoms with Crippen LogP contribution < -0.4 is 0 Å². The molecule has 0 rings (SSSR count). The van der Waals surface area contributed by atoms with E-state index >= 15 is 0 Å². The Hall–Kier alpha value is -2.11. The minimum Gasteiger partial charge on any atom is -0.462 e. The number of ether oxygens (including phenoxy) is 3. The molecule has 0 heterocycles. The van der Waals surface area contributed by atoms with Crippen molar-refractivity contribution in [1.29, 1.82) is 0 Å². The van der Waals surface area contributed by atoms with Gasteiger partial charge in [0.05, 0.1) is 0 Å². The van der Waals surface area contributed by atoms with Crippen LogP contribution in [0.1, 0.15) is 316 Å². The molecular formula is C59H110O6. The van der Waals surface area contributed by atoms with Gasteiger partial charge in [-0.2, -0.15) is 0 Å². The topological polar surface area (TPSA) is 78.9 Å². The van der Waals surface area contributed by atoms with E-state index in [0.717, 1.165) is 51.4 Å². The molecule has 1 atom stereocenters. The van der Waals surface area contributed by atoms with Crippen molar-refractivity contribution in [2.75, 3.05) is 13.2 Å². The van der Waals surface area contributed by atoms with Gasteiger partial charge in [-0.1, -0.05) is 283 Å². The van der Waals surface area contributed by atoms with Gasteiger partial charge in [0.1, 0.15) is 13.2 Å². The second-order valence-electron chi connectivity index (χ2n) is 19.6. The van der Waals surface area contributed by atoms with E-state index < -0.39 is 6.10 Å². The Morgan fingerprint density at radius 3 is 0.938 bits per heavy atom. The predicted octanol–water partition coefficient (Wildman–Crippen LogP) is 19.1. The average Bonchev–Trinajstić information content (AvgIpc) is 3.30. The SMILES string of the molecule is CCCCCCCC/C=C/C/C=C/CCC(=O)OCC(COC(=O)CCCCCCCCCCCCCCCCCCCC)OC(=O)CCCCCCCCCCCCCCCCCC. The van der Waals surface area contributed by atoms with Crippen molar-refractivity contribution in [2.45, 2.75) is 322 Å². The fourth-order valence-corrected chi connectivity index (χ4v) is 8.62. The molecule has 0 saturated heterocycles. The highest BCUT2D eigenvalue weighted by atomic mass is 16.6. The molecule has 0 aliphatic heterocycles. The summed E-state index contributed by atoms with van der Waals surface area (Å²) in [7, 11) is 0. The van der Waals surface area contributed by atoms with E-state index in [1.807, 2.05) is 6.08 Å². The quantitative estimate of drug-likeness (QED) is 0.0262. The third-order valence-corrected chi connectivity index (χ3v) is 13.0. The Bertz CT molecular complexity index is 1050. The maximum absolute atomic E-state index is 12.8. The number of rotatable bonds is 53. The van der Waals surface area contributed by atoms with E-state index in [4.69, 9.17) is 14.2 Å². The van der Waals surface area contributed by atoms with Gasteiger partial charge in [-0.15, -0.1) is 0 Å². The Balaban J connectivity index is 4.34. The highest BCUT2D eigenvalue weighted by molar-refractivity contribution is 5.71. The maximum atomic E-state index is 12.8. The summed E-state index contributed by atoms with van der Waals surface area (Å²) in [5.41, 5.74) is 0. The van der Waals surface area contributed by atoms with Crippen LogP contribution in [-0.4, -0.2) is 37.2 Å². The van der Waals surface area contributed by atoms with E-state index in [0.29, 0.717) is 19.3 Å².